The minimum absolute atomic E-state index is 0.142. The number of aldehydes is 1. The molecule has 2 aromatic rings. The van der Waals surface area contributed by atoms with Crippen molar-refractivity contribution < 1.29 is 9.59 Å². The molecule has 0 saturated carbocycles. The van der Waals surface area contributed by atoms with Gasteiger partial charge in [-0.2, -0.15) is 15.2 Å². The Hall–Kier alpha value is -3.18. The van der Waals surface area contributed by atoms with Crippen molar-refractivity contribution in [3.8, 4) is 6.07 Å². The highest BCUT2D eigenvalue weighted by molar-refractivity contribution is 5.92. The molecule has 0 radical (unpaired) electrons. The van der Waals surface area contributed by atoms with Crippen LogP contribution in [-0.4, -0.2) is 33.8 Å². The van der Waals surface area contributed by atoms with Crippen LogP contribution >= 0.6 is 0 Å². The zero-order valence-electron chi connectivity index (χ0n) is 12.1. The van der Waals surface area contributed by atoms with Gasteiger partial charge in [0.25, 0.3) is 5.82 Å². The van der Waals surface area contributed by atoms with Gasteiger partial charge in [0.1, 0.15) is 24.5 Å². The van der Waals surface area contributed by atoms with E-state index >= 15 is 0 Å². The fourth-order valence-electron chi connectivity index (χ4n) is 2.82. The van der Waals surface area contributed by atoms with Crippen LogP contribution < -0.4 is 10.2 Å². The predicted octanol–water partition coefficient (Wildman–Crippen LogP) is 1.22. The van der Waals surface area contributed by atoms with Crippen LogP contribution in [0.25, 0.3) is 0 Å². The summed E-state index contributed by atoms with van der Waals surface area (Å²) in [6, 6.07) is 4.61. The normalized spacial score (nSPS) is 19.4. The number of carbonyl (C=O) groups is 2. The van der Waals surface area contributed by atoms with Gasteiger partial charge in [0.15, 0.2) is 12.0 Å². The second-order valence-corrected chi connectivity index (χ2v) is 5.18. The highest BCUT2D eigenvalue weighted by atomic mass is 16.2. The first-order valence-corrected chi connectivity index (χ1v) is 6.98. The van der Waals surface area contributed by atoms with Gasteiger partial charge >= 0.3 is 6.03 Å². The minimum atomic E-state index is -0.652. The molecule has 2 amide bonds. The van der Waals surface area contributed by atoms with Crippen molar-refractivity contribution in [1.29, 1.82) is 5.26 Å². The number of hydrogen-bond donors (Lipinski definition) is 1. The first kappa shape index (κ1) is 14.7. The van der Waals surface area contributed by atoms with Crippen molar-refractivity contribution in [2.75, 3.05) is 6.54 Å². The second-order valence-electron chi connectivity index (χ2n) is 5.18. The average molecular weight is 309 g/mol. The van der Waals surface area contributed by atoms with E-state index in [0.29, 0.717) is 25.1 Å². The second kappa shape index (κ2) is 5.55. The number of quaternary nitrogens is 1. The number of primary amides is 1. The number of pyridine rings is 1. The van der Waals surface area contributed by atoms with Crippen molar-refractivity contribution >= 4 is 24.0 Å². The lowest BCUT2D eigenvalue weighted by atomic mass is 10.0. The van der Waals surface area contributed by atoms with Gasteiger partial charge < -0.3 is 5.73 Å². The van der Waals surface area contributed by atoms with Crippen LogP contribution in [0.2, 0.25) is 0 Å². The standard InChI is InChI=1S/C15H12N6O2/c16-6-12-7-19-13(8-18-12)21(15(17)23)5-1-2-10-3-4-11(9-22)20-14(10)21/h3-4,7-9H,1-2,5H2,(H-,17,23)/p+1. The zero-order chi connectivity index (χ0) is 16.4. The summed E-state index contributed by atoms with van der Waals surface area (Å²) in [5.74, 6) is 0.681. The molecule has 8 nitrogen and oxygen atoms in total. The Morgan fingerprint density at radius 2 is 2.17 bits per heavy atom. The molecule has 1 aliphatic heterocycles. The first-order valence-electron chi connectivity index (χ1n) is 6.98. The molecular formula is C15H13N6O2+. The molecule has 2 N–H and O–H groups in total. The quantitative estimate of drug-likeness (QED) is 0.657. The molecule has 114 valence electrons. The van der Waals surface area contributed by atoms with Gasteiger partial charge in [0, 0.05) is 12.0 Å². The summed E-state index contributed by atoms with van der Waals surface area (Å²) in [5, 5.41) is 8.84. The van der Waals surface area contributed by atoms with E-state index in [1.165, 1.54) is 12.4 Å². The van der Waals surface area contributed by atoms with Crippen molar-refractivity contribution in [3.05, 3.63) is 41.5 Å². The number of urea groups is 1. The molecule has 0 aliphatic carbocycles. The maximum absolute atomic E-state index is 12.3. The van der Waals surface area contributed by atoms with E-state index in [4.69, 9.17) is 11.0 Å². The molecule has 0 saturated heterocycles. The van der Waals surface area contributed by atoms with Gasteiger partial charge in [-0.3, -0.25) is 4.79 Å². The summed E-state index contributed by atoms with van der Waals surface area (Å²) in [7, 11) is 0. The maximum atomic E-state index is 12.3. The minimum Gasteiger partial charge on any atom is -0.318 e. The molecule has 1 atom stereocenters. The van der Waals surface area contributed by atoms with Crippen LogP contribution in [0.15, 0.2) is 24.5 Å². The largest absolute Gasteiger partial charge is 0.426 e. The molecule has 2 aromatic heterocycles. The van der Waals surface area contributed by atoms with Gasteiger partial charge in [0.05, 0.1) is 6.20 Å². The predicted molar refractivity (Wildman–Crippen MR) is 80.6 cm³/mol. The fourth-order valence-corrected chi connectivity index (χ4v) is 2.82. The molecule has 23 heavy (non-hydrogen) atoms. The number of aryl methyl sites for hydroxylation is 1. The van der Waals surface area contributed by atoms with Gasteiger partial charge in [-0.1, -0.05) is 0 Å². The Balaban J connectivity index is 2.26. The lowest BCUT2D eigenvalue weighted by Crippen LogP contribution is -2.56. The van der Waals surface area contributed by atoms with Crippen LogP contribution in [0, 0.1) is 11.3 Å². The summed E-state index contributed by atoms with van der Waals surface area (Å²) in [6.45, 7) is 0.373. The first-order chi connectivity index (χ1) is 11.1. The lowest BCUT2D eigenvalue weighted by Gasteiger charge is -2.34. The Bertz CT molecular complexity index is 827. The number of amides is 2. The SMILES string of the molecule is N#Cc1cnc([N+]2(C(N)=O)CCCc3ccc(C=O)nc32)cn1. The van der Waals surface area contributed by atoms with Crippen molar-refractivity contribution in [1.82, 2.24) is 19.4 Å². The Labute approximate surface area is 131 Å². The summed E-state index contributed by atoms with van der Waals surface area (Å²) in [5.41, 5.74) is 6.88. The number of nitriles is 1. The summed E-state index contributed by atoms with van der Waals surface area (Å²) in [4.78, 5) is 35.8. The number of hydrogen-bond acceptors (Lipinski definition) is 6. The average Bonchev–Trinajstić information content (AvgIpc) is 2.60. The van der Waals surface area contributed by atoms with Crippen LogP contribution in [0.1, 0.15) is 28.2 Å². The monoisotopic (exact) mass is 309 g/mol. The number of nitrogens with two attached hydrogens (primary N) is 1. The van der Waals surface area contributed by atoms with E-state index in [1.807, 2.05) is 6.07 Å². The van der Waals surface area contributed by atoms with Crippen LogP contribution in [0.5, 0.6) is 0 Å². The van der Waals surface area contributed by atoms with Gasteiger partial charge in [-0.15, -0.1) is 4.48 Å². The van der Waals surface area contributed by atoms with E-state index in [1.54, 1.807) is 12.1 Å². The molecule has 0 spiro atoms. The molecule has 1 aliphatic rings. The molecular weight excluding hydrogens is 296 g/mol. The summed E-state index contributed by atoms with van der Waals surface area (Å²) in [6.07, 6.45) is 4.71. The highest BCUT2D eigenvalue weighted by Crippen LogP contribution is 2.38. The number of carbonyl (C=O) groups excluding carboxylic acids is 2. The van der Waals surface area contributed by atoms with Crippen LogP contribution in [-0.2, 0) is 6.42 Å². The van der Waals surface area contributed by atoms with Crippen molar-refractivity contribution in [2.24, 2.45) is 5.73 Å². The van der Waals surface area contributed by atoms with E-state index in [-0.39, 0.29) is 17.2 Å². The van der Waals surface area contributed by atoms with Crippen molar-refractivity contribution in [3.63, 3.8) is 0 Å². The third-order valence-corrected chi connectivity index (χ3v) is 3.92. The van der Waals surface area contributed by atoms with E-state index in [9.17, 15) is 9.59 Å². The smallest absolute Gasteiger partial charge is 0.318 e. The molecule has 3 rings (SSSR count). The van der Waals surface area contributed by atoms with Gasteiger partial charge in [-0.25, -0.2) is 9.78 Å². The van der Waals surface area contributed by atoms with Gasteiger partial charge in [-0.05, 0) is 18.6 Å². The van der Waals surface area contributed by atoms with Crippen LogP contribution in [0.4, 0.5) is 16.4 Å². The Morgan fingerprint density at radius 1 is 1.35 bits per heavy atom. The Morgan fingerprint density at radius 3 is 2.78 bits per heavy atom. The topological polar surface area (TPSA) is 123 Å². The lowest BCUT2D eigenvalue weighted by molar-refractivity contribution is 0.111. The molecule has 0 aromatic carbocycles. The molecule has 3 heterocycles. The van der Waals surface area contributed by atoms with Crippen LogP contribution in [0.3, 0.4) is 0 Å². The van der Waals surface area contributed by atoms with E-state index in [2.05, 4.69) is 15.0 Å². The Kier molecular flexibility index (Phi) is 3.56. The zero-order valence-corrected chi connectivity index (χ0v) is 12.1. The summed E-state index contributed by atoms with van der Waals surface area (Å²) < 4.78 is -0.407. The van der Waals surface area contributed by atoms with E-state index in [0.717, 1.165) is 12.0 Å². The molecule has 0 bridgehead atoms. The fraction of sp³-hybridized carbons (Fsp3) is 0.200. The number of rotatable bonds is 2. The molecule has 8 heteroatoms. The third kappa shape index (κ3) is 2.23. The third-order valence-electron chi connectivity index (χ3n) is 3.92. The molecule has 1 unspecified atom stereocenters. The number of aromatic nitrogens is 3. The van der Waals surface area contributed by atoms with E-state index < -0.39 is 10.5 Å². The number of fused-ring (bicyclic) bond motifs is 1. The molecule has 0 fully saturated rings. The number of nitrogens with zero attached hydrogens (tertiary/aromatic N) is 5. The maximum Gasteiger partial charge on any atom is 0.426 e. The highest BCUT2D eigenvalue weighted by Gasteiger charge is 2.47. The summed E-state index contributed by atoms with van der Waals surface area (Å²) >= 11 is 0. The van der Waals surface area contributed by atoms with Gasteiger partial charge in [0.2, 0.25) is 5.82 Å². The van der Waals surface area contributed by atoms with Crippen molar-refractivity contribution in [2.45, 2.75) is 12.8 Å².